The van der Waals surface area contributed by atoms with Crippen molar-refractivity contribution in [3.05, 3.63) is 21.9 Å². The summed E-state index contributed by atoms with van der Waals surface area (Å²) >= 11 is 2.04. The molecular formula is C11H12IN3O2. The lowest BCUT2D eigenvalue weighted by atomic mass is 10.2. The minimum atomic E-state index is -1.06. The summed E-state index contributed by atoms with van der Waals surface area (Å²) in [6, 6.07) is 5.64. The van der Waals surface area contributed by atoms with Crippen molar-refractivity contribution in [1.29, 1.82) is 0 Å². The third-order valence-electron chi connectivity index (χ3n) is 2.40. The van der Waals surface area contributed by atoms with E-state index in [9.17, 15) is 4.79 Å². The number of fused-ring (bicyclic) bond motifs is 1. The molecule has 5 nitrogen and oxygen atoms in total. The molecule has 0 unspecified atom stereocenters. The summed E-state index contributed by atoms with van der Waals surface area (Å²) in [5.41, 5.74) is 1.53. The largest absolute Gasteiger partial charge is 0.463 e. The van der Waals surface area contributed by atoms with Crippen molar-refractivity contribution in [2.45, 2.75) is 13.3 Å². The topological polar surface area (TPSA) is 67.2 Å². The smallest absolute Gasteiger partial charge is 0.432 e. The Morgan fingerprint density at radius 2 is 2.35 bits per heavy atom. The fourth-order valence-electron chi connectivity index (χ4n) is 1.60. The number of halogens is 1. The number of carboxylic acid groups (broad SMARTS) is 1. The van der Waals surface area contributed by atoms with E-state index in [-0.39, 0.29) is 0 Å². The normalized spacial score (nSPS) is 10.7. The van der Waals surface area contributed by atoms with Crippen LogP contribution in [0.4, 0.5) is 10.5 Å². The molecule has 2 N–H and O–H groups in total. The molecule has 0 bridgehead atoms. The molecule has 2 aromatic rings. The van der Waals surface area contributed by atoms with E-state index in [1.165, 1.54) is 0 Å². The van der Waals surface area contributed by atoms with E-state index in [2.05, 4.69) is 17.3 Å². The van der Waals surface area contributed by atoms with E-state index < -0.39 is 6.09 Å². The first kappa shape index (κ1) is 12.2. The lowest BCUT2D eigenvalue weighted by molar-refractivity contribution is 0.194. The van der Waals surface area contributed by atoms with Gasteiger partial charge in [-0.25, -0.2) is 4.79 Å². The Kier molecular flexibility index (Phi) is 3.51. The molecular weight excluding hydrogens is 333 g/mol. The molecule has 0 aliphatic heterocycles. The number of anilines is 1. The Morgan fingerprint density at radius 1 is 1.59 bits per heavy atom. The van der Waals surface area contributed by atoms with Crippen molar-refractivity contribution >= 4 is 45.3 Å². The highest BCUT2D eigenvalue weighted by Crippen LogP contribution is 2.23. The average Bonchev–Trinajstić information content (AvgIpc) is 2.64. The molecule has 1 heterocycles. The van der Waals surface area contributed by atoms with Crippen LogP contribution in [-0.4, -0.2) is 27.5 Å². The number of nitrogens with one attached hydrogen (secondary N) is 1. The van der Waals surface area contributed by atoms with Crippen molar-refractivity contribution in [1.82, 2.24) is 9.78 Å². The van der Waals surface area contributed by atoms with E-state index in [1.54, 1.807) is 0 Å². The van der Waals surface area contributed by atoms with Gasteiger partial charge in [-0.2, -0.15) is 9.78 Å². The first-order chi connectivity index (χ1) is 8.13. The Labute approximate surface area is 112 Å². The SMILES string of the molecule is CCCNc1ccc2c(I)nn(C(=O)O)c2c1. The molecule has 90 valence electrons. The van der Waals surface area contributed by atoms with E-state index in [1.807, 2.05) is 40.8 Å². The van der Waals surface area contributed by atoms with Crippen molar-refractivity contribution in [3.63, 3.8) is 0 Å². The van der Waals surface area contributed by atoms with Crippen LogP contribution in [0.15, 0.2) is 18.2 Å². The van der Waals surface area contributed by atoms with Gasteiger partial charge in [-0.3, -0.25) is 0 Å². The molecule has 0 fully saturated rings. The van der Waals surface area contributed by atoms with Gasteiger partial charge in [-0.1, -0.05) is 6.92 Å². The number of rotatable bonds is 3. The van der Waals surface area contributed by atoms with Crippen LogP contribution in [0.2, 0.25) is 0 Å². The monoisotopic (exact) mass is 345 g/mol. The van der Waals surface area contributed by atoms with Crippen LogP contribution < -0.4 is 5.32 Å². The molecule has 0 atom stereocenters. The van der Waals surface area contributed by atoms with Crippen molar-refractivity contribution in [2.24, 2.45) is 0 Å². The summed E-state index contributed by atoms with van der Waals surface area (Å²) in [4.78, 5) is 11.0. The number of nitrogens with zero attached hydrogens (tertiary/aromatic N) is 2. The van der Waals surface area contributed by atoms with Gasteiger partial charge in [-0.15, -0.1) is 0 Å². The standard InChI is InChI=1S/C11H12IN3O2/c1-2-5-13-7-3-4-8-9(6-7)15(11(16)17)14-10(8)12/h3-4,6,13H,2,5H2,1H3,(H,16,17). The fraction of sp³-hybridized carbons (Fsp3) is 0.273. The number of hydrogen-bond acceptors (Lipinski definition) is 3. The Balaban J connectivity index is 2.50. The zero-order valence-electron chi connectivity index (χ0n) is 9.27. The molecule has 0 aliphatic carbocycles. The van der Waals surface area contributed by atoms with Crippen LogP contribution in [0.25, 0.3) is 10.9 Å². The lowest BCUT2D eigenvalue weighted by Gasteiger charge is -2.04. The van der Waals surface area contributed by atoms with Gasteiger partial charge in [0.15, 0.2) is 0 Å². The fourth-order valence-corrected chi connectivity index (χ4v) is 2.27. The van der Waals surface area contributed by atoms with Crippen LogP contribution in [0.5, 0.6) is 0 Å². The second-order valence-corrected chi connectivity index (χ2v) is 4.67. The summed E-state index contributed by atoms with van der Waals surface area (Å²) in [7, 11) is 0. The summed E-state index contributed by atoms with van der Waals surface area (Å²) in [6.45, 7) is 2.94. The van der Waals surface area contributed by atoms with Gasteiger partial charge in [0.25, 0.3) is 0 Å². The zero-order valence-corrected chi connectivity index (χ0v) is 11.4. The zero-order chi connectivity index (χ0) is 12.4. The summed E-state index contributed by atoms with van der Waals surface area (Å²) in [5.74, 6) is 0. The first-order valence-electron chi connectivity index (χ1n) is 5.29. The maximum Gasteiger partial charge on any atom is 0.432 e. The predicted molar refractivity (Wildman–Crippen MR) is 74.7 cm³/mol. The van der Waals surface area contributed by atoms with Crippen LogP contribution in [0, 0.1) is 3.70 Å². The summed E-state index contributed by atoms with van der Waals surface area (Å²) in [5, 5.41) is 17.1. The lowest BCUT2D eigenvalue weighted by Crippen LogP contribution is -2.09. The third kappa shape index (κ3) is 2.36. The molecule has 0 saturated carbocycles. The van der Waals surface area contributed by atoms with Gasteiger partial charge in [0, 0.05) is 17.6 Å². The molecule has 1 aromatic carbocycles. The van der Waals surface area contributed by atoms with Gasteiger partial charge >= 0.3 is 6.09 Å². The van der Waals surface area contributed by atoms with Crippen molar-refractivity contribution in [2.75, 3.05) is 11.9 Å². The maximum absolute atomic E-state index is 11.0. The Hall–Kier alpha value is -1.31. The number of carbonyl (C=O) groups is 1. The summed E-state index contributed by atoms with van der Waals surface area (Å²) < 4.78 is 1.70. The quantitative estimate of drug-likeness (QED) is 0.840. The second kappa shape index (κ2) is 4.91. The third-order valence-corrected chi connectivity index (χ3v) is 3.19. The highest BCUT2D eigenvalue weighted by Gasteiger charge is 2.13. The molecule has 17 heavy (non-hydrogen) atoms. The van der Waals surface area contributed by atoms with Crippen molar-refractivity contribution < 1.29 is 9.90 Å². The molecule has 1 aromatic heterocycles. The van der Waals surface area contributed by atoms with Crippen LogP contribution in [0.3, 0.4) is 0 Å². The van der Waals surface area contributed by atoms with Gasteiger partial charge < -0.3 is 10.4 Å². The molecule has 0 spiro atoms. The predicted octanol–water partition coefficient (Wildman–Crippen LogP) is 2.99. The van der Waals surface area contributed by atoms with Gasteiger partial charge in [-0.05, 0) is 47.2 Å². The van der Waals surface area contributed by atoms with Crippen LogP contribution in [0.1, 0.15) is 13.3 Å². The van der Waals surface area contributed by atoms with E-state index in [0.717, 1.165) is 28.7 Å². The summed E-state index contributed by atoms with van der Waals surface area (Å²) in [6.07, 6.45) is -0.0427. The molecule has 0 amide bonds. The Bertz CT molecular complexity index is 565. The number of aromatic nitrogens is 2. The van der Waals surface area contributed by atoms with E-state index in [4.69, 9.17) is 5.11 Å². The Morgan fingerprint density at radius 3 is 3.00 bits per heavy atom. The number of benzene rings is 1. The highest BCUT2D eigenvalue weighted by atomic mass is 127. The molecule has 0 saturated heterocycles. The minimum Gasteiger partial charge on any atom is -0.463 e. The maximum atomic E-state index is 11.0. The van der Waals surface area contributed by atoms with E-state index >= 15 is 0 Å². The molecule has 0 aliphatic rings. The number of hydrogen-bond donors (Lipinski definition) is 2. The average molecular weight is 345 g/mol. The van der Waals surface area contributed by atoms with E-state index in [0.29, 0.717) is 9.22 Å². The molecule has 6 heteroatoms. The van der Waals surface area contributed by atoms with Crippen LogP contribution >= 0.6 is 22.6 Å². The van der Waals surface area contributed by atoms with Gasteiger partial charge in [0.05, 0.1) is 5.52 Å². The molecule has 2 rings (SSSR count). The highest BCUT2D eigenvalue weighted by molar-refractivity contribution is 14.1. The molecule has 0 radical (unpaired) electrons. The first-order valence-corrected chi connectivity index (χ1v) is 6.36. The van der Waals surface area contributed by atoms with Gasteiger partial charge in [0.1, 0.15) is 3.70 Å². The van der Waals surface area contributed by atoms with Crippen molar-refractivity contribution in [3.8, 4) is 0 Å². The second-order valence-electron chi connectivity index (χ2n) is 3.64. The van der Waals surface area contributed by atoms with Crippen LogP contribution in [-0.2, 0) is 0 Å². The minimum absolute atomic E-state index is 0.614. The van der Waals surface area contributed by atoms with Gasteiger partial charge in [0.2, 0.25) is 0 Å².